The molecule has 1 N–H and O–H groups in total. The molecule has 31 heavy (non-hydrogen) atoms. The van der Waals surface area contributed by atoms with E-state index in [0.717, 1.165) is 12.1 Å². The molecule has 0 fully saturated rings. The predicted octanol–water partition coefficient (Wildman–Crippen LogP) is 3.91. The molecule has 6 nitrogen and oxygen atoms in total. The van der Waals surface area contributed by atoms with Crippen molar-refractivity contribution in [1.82, 2.24) is 0 Å². The summed E-state index contributed by atoms with van der Waals surface area (Å²) in [5.74, 6) is -2.09. The van der Waals surface area contributed by atoms with Crippen molar-refractivity contribution in [3.8, 4) is 0 Å². The van der Waals surface area contributed by atoms with Gasteiger partial charge in [-0.2, -0.15) is 0 Å². The van der Waals surface area contributed by atoms with E-state index in [9.17, 15) is 25.6 Å². The van der Waals surface area contributed by atoms with E-state index in [1.54, 1.807) is 18.2 Å². The maximum absolute atomic E-state index is 13.9. The van der Waals surface area contributed by atoms with Gasteiger partial charge in [0.1, 0.15) is 16.5 Å². The van der Waals surface area contributed by atoms with Crippen LogP contribution in [0.25, 0.3) is 0 Å². The number of aryl methyl sites for hydroxylation is 1. The normalized spacial score (nSPS) is 14.2. The molecule has 0 unspecified atom stereocenters. The molecular formula is C21H18F2N2O4S2. The minimum atomic E-state index is -4.30. The van der Waals surface area contributed by atoms with Crippen LogP contribution in [0.5, 0.6) is 0 Å². The first-order valence-corrected chi connectivity index (χ1v) is 12.3. The van der Waals surface area contributed by atoms with E-state index in [2.05, 4.69) is 4.72 Å². The van der Waals surface area contributed by atoms with Gasteiger partial charge in [-0.3, -0.25) is 9.03 Å². The van der Waals surface area contributed by atoms with E-state index in [1.165, 1.54) is 34.6 Å². The van der Waals surface area contributed by atoms with Gasteiger partial charge >= 0.3 is 0 Å². The van der Waals surface area contributed by atoms with Crippen LogP contribution in [-0.2, 0) is 26.5 Å². The Bertz CT molecular complexity index is 1350. The van der Waals surface area contributed by atoms with E-state index < -0.39 is 36.6 Å². The highest BCUT2D eigenvalue weighted by atomic mass is 32.2. The van der Waals surface area contributed by atoms with Crippen LogP contribution in [0.15, 0.2) is 76.5 Å². The standard InChI is InChI=1S/C21H18F2N2O4S2/c22-16-8-11-21(19(23)14-16)30(26,27)24-17-9-10-20-15(13-17)5-4-12-25(20)31(28,29)18-6-2-1-3-7-18/h1-3,6-11,13-14,24H,4-5,12H2. The van der Waals surface area contributed by atoms with E-state index >= 15 is 0 Å². The molecule has 1 aliphatic rings. The fraction of sp³-hybridized carbons (Fsp3) is 0.143. The van der Waals surface area contributed by atoms with Crippen LogP contribution < -0.4 is 9.03 Å². The molecule has 162 valence electrons. The minimum absolute atomic E-state index is 0.154. The van der Waals surface area contributed by atoms with Crippen LogP contribution in [0.2, 0.25) is 0 Å². The van der Waals surface area contributed by atoms with Crippen molar-refractivity contribution in [2.45, 2.75) is 22.6 Å². The number of sulfonamides is 2. The number of hydrogen-bond acceptors (Lipinski definition) is 4. The van der Waals surface area contributed by atoms with E-state index in [1.807, 2.05) is 0 Å². The van der Waals surface area contributed by atoms with Crippen molar-refractivity contribution in [2.75, 3.05) is 15.6 Å². The molecule has 0 spiro atoms. The fourth-order valence-corrected chi connectivity index (χ4v) is 6.17. The molecule has 0 amide bonds. The lowest BCUT2D eigenvalue weighted by molar-refractivity contribution is 0.551. The van der Waals surface area contributed by atoms with Crippen LogP contribution in [-0.4, -0.2) is 23.4 Å². The second-order valence-electron chi connectivity index (χ2n) is 7.02. The zero-order chi connectivity index (χ0) is 22.2. The van der Waals surface area contributed by atoms with Crippen LogP contribution in [0.3, 0.4) is 0 Å². The van der Waals surface area contributed by atoms with Crippen molar-refractivity contribution in [1.29, 1.82) is 0 Å². The summed E-state index contributed by atoms with van der Waals surface area (Å²) in [5.41, 5.74) is 1.26. The van der Waals surface area contributed by atoms with Gasteiger partial charge in [-0.15, -0.1) is 0 Å². The summed E-state index contributed by atoms with van der Waals surface area (Å²) in [4.78, 5) is -0.515. The van der Waals surface area contributed by atoms with Crippen molar-refractivity contribution in [3.63, 3.8) is 0 Å². The lowest BCUT2D eigenvalue weighted by Crippen LogP contribution is -2.35. The summed E-state index contributed by atoms with van der Waals surface area (Å²) in [7, 11) is -8.06. The molecule has 0 aromatic heterocycles. The van der Waals surface area contributed by atoms with Gasteiger partial charge in [0.2, 0.25) is 0 Å². The second-order valence-corrected chi connectivity index (χ2v) is 10.5. The summed E-state index contributed by atoms with van der Waals surface area (Å²) in [6.45, 7) is 0.302. The average Bonchev–Trinajstić information content (AvgIpc) is 2.73. The number of nitrogens with zero attached hydrogens (tertiary/aromatic N) is 1. The fourth-order valence-electron chi connectivity index (χ4n) is 3.50. The molecule has 0 aliphatic carbocycles. The van der Waals surface area contributed by atoms with E-state index in [0.29, 0.717) is 36.7 Å². The topological polar surface area (TPSA) is 83.6 Å². The van der Waals surface area contributed by atoms with Gasteiger partial charge in [0.05, 0.1) is 10.6 Å². The third kappa shape index (κ3) is 4.13. The third-order valence-corrected chi connectivity index (χ3v) is 8.16. The number of halogens is 2. The molecule has 0 bridgehead atoms. The molecule has 0 radical (unpaired) electrons. The average molecular weight is 465 g/mol. The van der Waals surface area contributed by atoms with Crippen molar-refractivity contribution in [3.05, 3.63) is 83.9 Å². The first-order valence-electron chi connectivity index (χ1n) is 9.37. The van der Waals surface area contributed by atoms with Gasteiger partial charge in [0.15, 0.2) is 0 Å². The van der Waals surface area contributed by atoms with Gasteiger partial charge in [0, 0.05) is 18.3 Å². The molecule has 1 heterocycles. The number of rotatable bonds is 5. The van der Waals surface area contributed by atoms with Crippen molar-refractivity contribution in [2.24, 2.45) is 0 Å². The molecule has 3 aromatic carbocycles. The van der Waals surface area contributed by atoms with Gasteiger partial charge in [-0.1, -0.05) is 18.2 Å². The molecule has 0 saturated heterocycles. The number of benzene rings is 3. The first kappa shape index (κ1) is 21.3. The summed E-state index contributed by atoms with van der Waals surface area (Å²) in [6.07, 6.45) is 1.11. The maximum Gasteiger partial charge on any atom is 0.264 e. The Balaban J connectivity index is 1.66. The molecule has 1 aliphatic heterocycles. The highest BCUT2D eigenvalue weighted by Crippen LogP contribution is 2.34. The monoisotopic (exact) mass is 464 g/mol. The Morgan fingerprint density at radius 2 is 1.61 bits per heavy atom. The maximum atomic E-state index is 13.9. The Labute approximate surface area is 179 Å². The van der Waals surface area contributed by atoms with Crippen molar-refractivity contribution < 1.29 is 25.6 Å². The van der Waals surface area contributed by atoms with Crippen LogP contribution >= 0.6 is 0 Å². The smallest absolute Gasteiger partial charge is 0.264 e. The number of hydrogen-bond donors (Lipinski definition) is 1. The summed E-state index contributed by atoms with van der Waals surface area (Å²) >= 11 is 0. The van der Waals surface area contributed by atoms with Gasteiger partial charge < -0.3 is 0 Å². The van der Waals surface area contributed by atoms with Gasteiger partial charge in [0.25, 0.3) is 20.0 Å². The number of anilines is 2. The SMILES string of the molecule is O=S(=O)(Nc1ccc2c(c1)CCCN2S(=O)(=O)c1ccccc1)c1ccc(F)cc1F. The highest BCUT2D eigenvalue weighted by Gasteiger charge is 2.29. The van der Waals surface area contributed by atoms with Crippen molar-refractivity contribution >= 4 is 31.4 Å². The largest absolute Gasteiger partial charge is 0.280 e. The van der Waals surface area contributed by atoms with Crippen LogP contribution in [0.1, 0.15) is 12.0 Å². The molecule has 4 rings (SSSR count). The zero-order valence-corrected chi connectivity index (χ0v) is 17.8. The summed E-state index contributed by atoms with van der Waals surface area (Å²) < 4.78 is 81.8. The Hall–Kier alpha value is -2.98. The van der Waals surface area contributed by atoms with E-state index in [4.69, 9.17) is 0 Å². The summed E-state index contributed by atoms with van der Waals surface area (Å²) in [5, 5.41) is 0. The number of fused-ring (bicyclic) bond motifs is 1. The van der Waals surface area contributed by atoms with Gasteiger partial charge in [-0.05, 0) is 60.9 Å². The minimum Gasteiger partial charge on any atom is -0.280 e. The summed E-state index contributed by atoms with van der Waals surface area (Å²) in [6, 6.07) is 14.7. The van der Waals surface area contributed by atoms with E-state index in [-0.39, 0.29) is 10.6 Å². The lowest BCUT2D eigenvalue weighted by atomic mass is 10.0. The highest BCUT2D eigenvalue weighted by molar-refractivity contribution is 7.93. The Morgan fingerprint density at radius 1 is 0.871 bits per heavy atom. The van der Waals surface area contributed by atoms with Crippen LogP contribution in [0.4, 0.5) is 20.2 Å². The molecule has 10 heteroatoms. The quantitative estimate of drug-likeness (QED) is 0.621. The second kappa shape index (κ2) is 7.93. The molecule has 0 saturated carbocycles. The van der Waals surface area contributed by atoms with Crippen LogP contribution in [0, 0.1) is 11.6 Å². The number of nitrogens with one attached hydrogen (secondary N) is 1. The third-order valence-electron chi connectivity index (χ3n) is 4.92. The Kier molecular flexibility index (Phi) is 5.44. The zero-order valence-electron chi connectivity index (χ0n) is 16.1. The molecule has 3 aromatic rings. The lowest BCUT2D eigenvalue weighted by Gasteiger charge is -2.31. The molecule has 0 atom stereocenters. The molecular weight excluding hydrogens is 446 g/mol. The first-order chi connectivity index (χ1) is 14.7. The Morgan fingerprint density at radius 3 is 2.32 bits per heavy atom. The van der Waals surface area contributed by atoms with Gasteiger partial charge in [-0.25, -0.2) is 25.6 Å². The predicted molar refractivity (Wildman–Crippen MR) is 113 cm³/mol.